The molecule has 0 aliphatic carbocycles. The molecule has 0 heterocycles. The maximum atomic E-state index is 13.3. The number of rotatable bonds is 5. The lowest BCUT2D eigenvalue weighted by Gasteiger charge is -2.22. The smallest absolute Gasteiger partial charge is 0.183 e. The molecule has 0 spiro atoms. The van der Waals surface area contributed by atoms with Gasteiger partial charge in [0.2, 0.25) is 0 Å². The number of nitrogens with zero attached hydrogens (tertiary/aromatic N) is 1. The number of carbonyl (C=O) groups excluding carboxylic acids is 1. The van der Waals surface area contributed by atoms with Crippen LogP contribution in [0.3, 0.4) is 0 Å². The number of likely N-dealkylation sites (N-methyl/N-ethyl adjacent to an activating group) is 1. The highest BCUT2D eigenvalue weighted by molar-refractivity contribution is 6.36. The summed E-state index contributed by atoms with van der Waals surface area (Å²) in [5.41, 5.74) is 1.08. The van der Waals surface area contributed by atoms with Gasteiger partial charge in [-0.1, -0.05) is 29.3 Å². The molecule has 2 rings (SSSR count). The van der Waals surface area contributed by atoms with E-state index in [4.69, 9.17) is 23.2 Å². The van der Waals surface area contributed by atoms with Gasteiger partial charge in [0.25, 0.3) is 0 Å². The Morgan fingerprint density at radius 1 is 1.19 bits per heavy atom. The predicted octanol–water partition coefficient (Wildman–Crippen LogP) is 4.84. The summed E-state index contributed by atoms with van der Waals surface area (Å²) < 4.78 is 13.3. The van der Waals surface area contributed by atoms with E-state index in [-0.39, 0.29) is 18.1 Å². The van der Waals surface area contributed by atoms with Gasteiger partial charge >= 0.3 is 0 Å². The first-order valence-electron chi connectivity index (χ1n) is 6.50. The summed E-state index contributed by atoms with van der Waals surface area (Å²) in [4.78, 5) is 14.1. The summed E-state index contributed by atoms with van der Waals surface area (Å²) in [7, 11) is 0. The van der Waals surface area contributed by atoms with Crippen molar-refractivity contribution in [2.75, 3.05) is 18.0 Å². The average Bonchev–Trinajstić information content (AvgIpc) is 2.44. The summed E-state index contributed by atoms with van der Waals surface area (Å²) in [5.74, 6) is -0.467. The Balaban J connectivity index is 2.20. The molecule has 0 saturated heterocycles. The fourth-order valence-electron chi connectivity index (χ4n) is 2.03. The molecule has 0 aliphatic rings. The van der Waals surface area contributed by atoms with Crippen molar-refractivity contribution in [1.82, 2.24) is 0 Å². The summed E-state index contributed by atoms with van der Waals surface area (Å²) in [6.07, 6.45) is 0. The van der Waals surface area contributed by atoms with Crippen LogP contribution in [0.15, 0.2) is 42.5 Å². The second-order valence-corrected chi connectivity index (χ2v) is 5.39. The molecular weight excluding hydrogens is 312 g/mol. The van der Waals surface area contributed by atoms with Crippen molar-refractivity contribution >= 4 is 34.7 Å². The molecule has 0 radical (unpaired) electrons. The zero-order chi connectivity index (χ0) is 15.4. The minimum atomic E-state index is -0.331. The van der Waals surface area contributed by atoms with Crippen LogP contribution in [0.25, 0.3) is 0 Å². The Morgan fingerprint density at radius 3 is 2.57 bits per heavy atom. The predicted molar refractivity (Wildman–Crippen MR) is 85.1 cm³/mol. The van der Waals surface area contributed by atoms with Gasteiger partial charge < -0.3 is 4.90 Å². The van der Waals surface area contributed by atoms with Crippen molar-refractivity contribution in [3.05, 3.63) is 63.9 Å². The first-order valence-corrected chi connectivity index (χ1v) is 7.25. The quantitative estimate of drug-likeness (QED) is 0.733. The second-order valence-electron chi connectivity index (χ2n) is 4.54. The normalized spacial score (nSPS) is 10.5. The molecule has 0 aromatic heterocycles. The SMILES string of the molecule is CCN(CC(=O)c1ccc(Cl)cc1Cl)c1cccc(F)c1. The van der Waals surface area contributed by atoms with Crippen LogP contribution in [-0.2, 0) is 0 Å². The van der Waals surface area contributed by atoms with E-state index in [9.17, 15) is 9.18 Å². The maximum absolute atomic E-state index is 13.3. The fourth-order valence-corrected chi connectivity index (χ4v) is 2.55. The molecule has 110 valence electrons. The standard InChI is InChI=1S/C16H14Cl2FNO/c1-2-20(13-5-3-4-12(19)9-13)10-16(21)14-7-6-11(17)8-15(14)18/h3-9H,2,10H2,1H3. The van der Waals surface area contributed by atoms with E-state index in [0.29, 0.717) is 27.8 Å². The molecule has 0 bridgehead atoms. The number of hydrogen-bond acceptors (Lipinski definition) is 2. The van der Waals surface area contributed by atoms with E-state index in [1.807, 2.05) is 6.92 Å². The van der Waals surface area contributed by atoms with Gasteiger partial charge in [-0.15, -0.1) is 0 Å². The second kappa shape index (κ2) is 6.92. The number of hydrogen-bond donors (Lipinski definition) is 0. The van der Waals surface area contributed by atoms with E-state index < -0.39 is 0 Å². The Hall–Kier alpha value is -1.58. The molecule has 5 heteroatoms. The van der Waals surface area contributed by atoms with E-state index in [2.05, 4.69) is 0 Å². The van der Waals surface area contributed by atoms with E-state index in [1.54, 1.807) is 29.2 Å². The number of ketones is 1. The first-order chi connectivity index (χ1) is 10.0. The monoisotopic (exact) mass is 325 g/mol. The van der Waals surface area contributed by atoms with Crippen LogP contribution in [0.1, 0.15) is 17.3 Å². The summed E-state index contributed by atoms with van der Waals surface area (Å²) in [6.45, 7) is 2.61. The summed E-state index contributed by atoms with van der Waals surface area (Å²) >= 11 is 11.9. The highest BCUT2D eigenvalue weighted by Crippen LogP contribution is 2.23. The average molecular weight is 326 g/mol. The molecule has 0 aliphatic heterocycles. The van der Waals surface area contributed by atoms with Gasteiger partial charge in [-0.2, -0.15) is 0 Å². The lowest BCUT2D eigenvalue weighted by Crippen LogP contribution is -2.29. The number of anilines is 1. The van der Waals surface area contributed by atoms with E-state index in [0.717, 1.165) is 0 Å². The van der Waals surface area contributed by atoms with Crippen molar-refractivity contribution < 1.29 is 9.18 Å². The minimum Gasteiger partial charge on any atom is -0.364 e. The Kier molecular flexibility index (Phi) is 5.21. The Morgan fingerprint density at radius 2 is 1.95 bits per heavy atom. The molecule has 0 atom stereocenters. The van der Waals surface area contributed by atoms with Crippen molar-refractivity contribution in [2.45, 2.75) is 6.92 Å². The van der Waals surface area contributed by atoms with Gasteiger partial charge in [0.15, 0.2) is 5.78 Å². The van der Waals surface area contributed by atoms with Crippen LogP contribution < -0.4 is 4.90 Å². The lowest BCUT2D eigenvalue weighted by molar-refractivity contribution is 0.0999. The third-order valence-electron chi connectivity index (χ3n) is 3.12. The fraction of sp³-hybridized carbons (Fsp3) is 0.188. The Bertz CT molecular complexity index is 660. The van der Waals surface area contributed by atoms with Crippen LogP contribution in [-0.4, -0.2) is 18.9 Å². The number of halogens is 3. The molecular formula is C16H14Cl2FNO. The van der Waals surface area contributed by atoms with Gasteiger partial charge in [-0.05, 0) is 43.3 Å². The molecule has 0 fully saturated rings. The lowest BCUT2D eigenvalue weighted by atomic mass is 10.1. The molecule has 21 heavy (non-hydrogen) atoms. The van der Waals surface area contributed by atoms with Crippen LogP contribution in [0.2, 0.25) is 10.0 Å². The van der Waals surface area contributed by atoms with Crippen LogP contribution in [0, 0.1) is 5.82 Å². The molecule has 0 N–H and O–H groups in total. The Labute approximate surface area is 133 Å². The number of Topliss-reactive ketones (excluding diaryl/α,β-unsaturated/α-hetero) is 1. The van der Waals surface area contributed by atoms with Gasteiger partial charge in [0.1, 0.15) is 5.82 Å². The molecule has 0 saturated carbocycles. The van der Waals surface area contributed by atoms with Crippen molar-refractivity contribution in [3.63, 3.8) is 0 Å². The summed E-state index contributed by atoms with van der Waals surface area (Å²) in [5, 5.41) is 0.803. The number of benzene rings is 2. The molecule has 0 unspecified atom stereocenters. The van der Waals surface area contributed by atoms with Crippen molar-refractivity contribution in [3.8, 4) is 0 Å². The largest absolute Gasteiger partial charge is 0.364 e. The highest BCUT2D eigenvalue weighted by atomic mass is 35.5. The highest BCUT2D eigenvalue weighted by Gasteiger charge is 2.15. The molecule has 2 nitrogen and oxygen atoms in total. The van der Waals surface area contributed by atoms with Gasteiger partial charge in [-0.3, -0.25) is 4.79 Å². The van der Waals surface area contributed by atoms with E-state index in [1.165, 1.54) is 18.2 Å². The van der Waals surface area contributed by atoms with E-state index >= 15 is 0 Å². The van der Waals surface area contributed by atoms with Crippen LogP contribution in [0.4, 0.5) is 10.1 Å². The molecule has 2 aromatic rings. The summed E-state index contributed by atoms with van der Waals surface area (Å²) in [6, 6.07) is 10.9. The van der Waals surface area contributed by atoms with Crippen molar-refractivity contribution in [1.29, 1.82) is 0 Å². The third kappa shape index (κ3) is 3.96. The van der Waals surface area contributed by atoms with Crippen molar-refractivity contribution in [2.24, 2.45) is 0 Å². The van der Waals surface area contributed by atoms with Gasteiger partial charge in [0, 0.05) is 22.8 Å². The zero-order valence-corrected chi connectivity index (χ0v) is 13.0. The molecule has 0 amide bonds. The molecule has 2 aromatic carbocycles. The minimum absolute atomic E-state index is 0.126. The zero-order valence-electron chi connectivity index (χ0n) is 11.4. The van der Waals surface area contributed by atoms with Gasteiger partial charge in [-0.25, -0.2) is 4.39 Å². The van der Waals surface area contributed by atoms with Gasteiger partial charge in [0.05, 0.1) is 11.6 Å². The topological polar surface area (TPSA) is 20.3 Å². The van der Waals surface area contributed by atoms with Crippen LogP contribution >= 0.6 is 23.2 Å². The van der Waals surface area contributed by atoms with Crippen LogP contribution in [0.5, 0.6) is 0 Å². The third-order valence-corrected chi connectivity index (χ3v) is 3.67. The number of carbonyl (C=O) groups is 1. The maximum Gasteiger partial charge on any atom is 0.183 e. The first kappa shape index (κ1) is 15.8.